The molecule has 0 aliphatic carbocycles. The molecule has 5 nitrogen and oxygen atoms in total. The van der Waals surface area contributed by atoms with Crippen molar-refractivity contribution < 1.29 is 18.7 Å². The van der Waals surface area contributed by atoms with Crippen LogP contribution < -0.4 is 5.32 Å². The molecule has 0 saturated carbocycles. The Kier molecular flexibility index (Phi) is 8.25. The lowest BCUT2D eigenvalue weighted by molar-refractivity contribution is 0.147. The second-order valence-electron chi connectivity index (χ2n) is 4.38. The minimum atomic E-state index is -2.99. The lowest BCUT2D eigenvalue weighted by Crippen LogP contribution is -2.35. The molecule has 0 aromatic rings. The average Bonchev–Trinajstić information content (AvgIpc) is 2.32. The van der Waals surface area contributed by atoms with Gasteiger partial charge in [0.05, 0.1) is 12.4 Å². The fourth-order valence-electron chi connectivity index (χ4n) is 1.79. The van der Waals surface area contributed by atoms with Gasteiger partial charge in [-0.15, -0.1) is 0 Å². The first-order chi connectivity index (χ1) is 7.88. The summed E-state index contributed by atoms with van der Waals surface area (Å²) in [5.41, 5.74) is 0. The maximum atomic E-state index is 11.8. The predicted molar refractivity (Wildman–Crippen MR) is 69.2 cm³/mol. The molecule has 3 unspecified atom stereocenters. The van der Waals surface area contributed by atoms with E-state index in [4.69, 9.17) is 9.05 Å². The number of nitrogens with one attached hydrogen (secondary N) is 1. The van der Waals surface area contributed by atoms with Crippen molar-refractivity contribution in [3.05, 3.63) is 0 Å². The largest absolute Gasteiger partial charge is 0.393 e. The van der Waals surface area contributed by atoms with E-state index in [1.54, 1.807) is 6.92 Å². The molecule has 104 valence electrons. The fourth-order valence-corrected chi connectivity index (χ4v) is 2.71. The van der Waals surface area contributed by atoms with Crippen molar-refractivity contribution in [2.75, 3.05) is 20.5 Å². The van der Waals surface area contributed by atoms with Crippen molar-refractivity contribution in [1.29, 1.82) is 0 Å². The Hall–Kier alpha value is 0.0700. The second-order valence-corrected chi connectivity index (χ2v) is 6.65. The number of hydrogen-bond donors (Lipinski definition) is 2. The van der Waals surface area contributed by atoms with Gasteiger partial charge in [0.2, 0.25) is 0 Å². The average molecular weight is 267 g/mol. The van der Waals surface area contributed by atoms with E-state index in [-0.39, 0.29) is 18.4 Å². The molecular weight excluding hydrogens is 241 g/mol. The first kappa shape index (κ1) is 17.1. The van der Waals surface area contributed by atoms with Crippen molar-refractivity contribution in [2.24, 2.45) is 5.92 Å². The Morgan fingerprint density at radius 1 is 1.29 bits per heavy atom. The Morgan fingerprint density at radius 2 is 1.82 bits per heavy atom. The fraction of sp³-hybridized carbons (Fsp3) is 1.00. The maximum Gasteiger partial charge on any atom is 0.343 e. The van der Waals surface area contributed by atoms with Crippen LogP contribution >= 0.6 is 7.60 Å². The van der Waals surface area contributed by atoms with Crippen LogP contribution in [0.4, 0.5) is 0 Å². The molecule has 0 radical (unpaired) electrons. The van der Waals surface area contributed by atoms with E-state index >= 15 is 0 Å². The lowest BCUT2D eigenvalue weighted by atomic mass is 9.92. The third-order valence-electron chi connectivity index (χ3n) is 3.04. The van der Waals surface area contributed by atoms with Crippen LogP contribution in [0.3, 0.4) is 0 Å². The van der Waals surface area contributed by atoms with E-state index in [0.29, 0.717) is 5.92 Å². The summed E-state index contributed by atoms with van der Waals surface area (Å²) >= 11 is 0. The molecule has 0 rings (SSSR count). The van der Waals surface area contributed by atoms with Crippen LogP contribution in [0, 0.1) is 5.92 Å². The monoisotopic (exact) mass is 267 g/mol. The Bertz CT molecular complexity index is 240. The van der Waals surface area contributed by atoms with Gasteiger partial charge < -0.3 is 19.5 Å². The van der Waals surface area contributed by atoms with Crippen LogP contribution in [-0.2, 0) is 13.6 Å². The lowest BCUT2D eigenvalue weighted by Gasteiger charge is -2.26. The standard InChI is InChI=1S/C11H26NO4P/c1-6-11(7-9(2)13)10(3)12-8-17(14,15-4)16-5/h9-13H,6-8H2,1-5H3. The van der Waals surface area contributed by atoms with E-state index in [9.17, 15) is 9.67 Å². The summed E-state index contributed by atoms with van der Waals surface area (Å²) in [4.78, 5) is 0. The Balaban J connectivity index is 4.23. The first-order valence-electron chi connectivity index (χ1n) is 6.00. The number of aliphatic hydroxyl groups is 1. The molecule has 0 saturated heterocycles. The molecule has 0 fully saturated rings. The van der Waals surface area contributed by atoms with Gasteiger partial charge in [-0.2, -0.15) is 0 Å². The third kappa shape index (κ3) is 6.53. The zero-order valence-corrected chi connectivity index (χ0v) is 12.4. The maximum absolute atomic E-state index is 11.8. The zero-order chi connectivity index (χ0) is 13.5. The van der Waals surface area contributed by atoms with Gasteiger partial charge in [0.1, 0.15) is 0 Å². The molecular formula is C11H26NO4P. The van der Waals surface area contributed by atoms with E-state index < -0.39 is 7.60 Å². The molecule has 0 bridgehead atoms. The summed E-state index contributed by atoms with van der Waals surface area (Å²) in [6, 6.07) is 0.160. The van der Waals surface area contributed by atoms with Crippen LogP contribution in [0.15, 0.2) is 0 Å². The highest BCUT2D eigenvalue weighted by Gasteiger charge is 2.24. The highest BCUT2D eigenvalue weighted by Crippen LogP contribution is 2.45. The predicted octanol–water partition coefficient (Wildman–Crippen LogP) is 2.21. The molecule has 0 aromatic heterocycles. The molecule has 3 atom stereocenters. The van der Waals surface area contributed by atoms with Crippen molar-refractivity contribution in [1.82, 2.24) is 5.32 Å². The SMILES string of the molecule is CCC(CC(C)O)C(C)NCP(=O)(OC)OC. The number of hydrogen-bond acceptors (Lipinski definition) is 5. The number of rotatable bonds is 9. The molecule has 17 heavy (non-hydrogen) atoms. The molecule has 6 heteroatoms. The van der Waals surface area contributed by atoms with Gasteiger partial charge in [-0.25, -0.2) is 0 Å². The summed E-state index contributed by atoms with van der Waals surface area (Å²) in [7, 11) is -0.236. The number of aliphatic hydroxyl groups excluding tert-OH is 1. The molecule has 0 heterocycles. The van der Waals surface area contributed by atoms with Gasteiger partial charge in [0.15, 0.2) is 0 Å². The van der Waals surface area contributed by atoms with Crippen molar-refractivity contribution in [2.45, 2.75) is 45.8 Å². The van der Waals surface area contributed by atoms with E-state index in [2.05, 4.69) is 12.2 Å². The quantitative estimate of drug-likeness (QED) is 0.627. The molecule has 0 aliphatic heterocycles. The normalized spacial score (nSPS) is 17.8. The topological polar surface area (TPSA) is 67.8 Å². The summed E-state index contributed by atoms with van der Waals surface area (Å²) in [6.07, 6.45) is 1.57. The van der Waals surface area contributed by atoms with E-state index in [1.807, 2.05) is 6.92 Å². The molecule has 0 aromatic carbocycles. The Labute approximate surface area is 104 Å². The Morgan fingerprint density at radius 3 is 2.18 bits per heavy atom. The molecule has 0 spiro atoms. The van der Waals surface area contributed by atoms with Crippen LogP contribution in [0.5, 0.6) is 0 Å². The minimum absolute atomic E-state index is 0.160. The van der Waals surface area contributed by atoms with Crippen molar-refractivity contribution in [3.8, 4) is 0 Å². The molecule has 2 N–H and O–H groups in total. The molecule has 0 aliphatic rings. The van der Waals surface area contributed by atoms with Gasteiger partial charge in [-0.3, -0.25) is 4.57 Å². The second kappa shape index (κ2) is 8.22. The highest BCUT2D eigenvalue weighted by molar-refractivity contribution is 7.53. The highest BCUT2D eigenvalue weighted by atomic mass is 31.2. The van der Waals surface area contributed by atoms with Gasteiger partial charge in [-0.05, 0) is 26.2 Å². The summed E-state index contributed by atoms with van der Waals surface area (Å²) in [5.74, 6) is 0.345. The van der Waals surface area contributed by atoms with Crippen LogP contribution in [0.25, 0.3) is 0 Å². The summed E-state index contributed by atoms with van der Waals surface area (Å²) in [5, 5.41) is 12.5. The van der Waals surface area contributed by atoms with Crippen LogP contribution in [-0.4, -0.2) is 37.8 Å². The van der Waals surface area contributed by atoms with Crippen molar-refractivity contribution in [3.63, 3.8) is 0 Å². The smallest absolute Gasteiger partial charge is 0.343 e. The summed E-state index contributed by atoms with van der Waals surface area (Å²) < 4.78 is 21.5. The van der Waals surface area contributed by atoms with E-state index in [1.165, 1.54) is 14.2 Å². The third-order valence-corrected chi connectivity index (χ3v) is 4.72. The zero-order valence-electron chi connectivity index (χ0n) is 11.5. The van der Waals surface area contributed by atoms with Gasteiger partial charge in [0, 0.05) is 20.3 Å². The van der Waals surface area contributed by atoms with Crippen molar-refractivity contribution >= 4 is 7.60 Å². The molecule has 0 amide bonds. The van der Waals surface area contributed by atoms with Gasteiger partial charge in [0.25, 0.3) is 0 Å². The van der Waals surface area contributed by atoms with E-state index in [0.717, 1.165) is 12.8 Å². The van der Waals surface area contributed by atoms with Crippen LogP contribution in [0.1, 0.15) is 33.6 Å². The first-order valence-corrected chi connectivity index (χ1v) is 7.73. The van der Waals surface area contributed by atoms with Gasteiger partial charge in [-0.1, -0.05) is 13.3 Å². The van der Waals surface area contributed by atoms with Gasteiger partial charge >= 0.3 is 7.60 Å². The van der Waals surface area contributed by atoms with Crippen LogP contribution in [0.2, 0.25) is 0 Å². The minimum Gasteiger partial charge on any atom is -0.393 e. The summed E-state index contributed by atoms with van der Waals surface area (Å²) in [6.45, 7) is 5.88.